The molecule has 1 unspecified atom stereocenters. The minimum atomic E-state index is -0.581. The van der Waals surface area contributed by atoms with Crippen LogP contribution in [0.25, 0.3) is 99.8 Å². The van der Waals surface area contributed by atoms with Gasteiger partial charge >= 0.3 is 0 Å². The first-order valence-electron chi connectivity index (χ1n) is 30.5. The Morgan fingerprint density at radius 3 is 1.67 bits per heavy atom. The second kappa shape index (κ2) is 18.6. The molecular weight excluding hydrogens is 1050 g/mol. The number of rotatable bonds is 8. The first-order valence-corrected chi connectivity index (χ1v) is 30.5. The van der Waals surface area contributed by atoms with Gasteiger partial charge in [-0.05, 0) is 203 Å². The molecule has 0 spiro atoms. The first kappa shape index (κ1) is 49.7. The number of benzene rings is 13. The zero-order chi connectivity index (χ0) is 57.7. The van der Waals surface area contributed by atoms with Crippen LogP contribution in [0, 0.1) is 0 Å². The van der Waals surface area contributed by atoms with Gasteiger partial charge in [0.15, 0.2) is 0 Å². The fourth-order valence-electron chi connectivity index (χ4n) is 15.7. The maximum Gasteiger partial charge on any atom is 0.143 e. The van der Waals surface area contributed by atoms with Gasteiger partial charge in [-0.2, -0.15) is 0 Å². The zero-order valence-corrected chi connectivity index (χ0v) is 48.6. The Morgan fingerprint density at radius 1 is 0.345 bits per heavy atom. The topological polar surface area (TPSA) is 19.6 Å². The summed E-state index contributed by atoms with van der Waals surface area (Å²) in [5, 5.41) is 2.25. The van der Waals surface area contributed by atoms with Crippen molar-refractivity contribution in [3.8, 4) is 77.9 Å². The van der Waals surface area contributed by atoms with Crippen LogP contribution >= 0.6 is 0 Å². The third-order valence-corrected chi connectivity index (χ3v) is 19.9. The van der Waals surface area contributed by atoms with E-state index in [-0.39, 0.29) is 5.41 Å². The Kier molecular flexibility index (Phi) is 10.6. The predicted octanol–water partition coefficient (Wildman–Crippen LogP) is 22.7. The number of hydrogen-bond donors (Lipinski definition) is 0. The van der Waals surface area contributed by atoms with Crippen LogP contribution in [0.1, 0.15) is 59.7 Å². The summed E-state index contributed by atoms with van der Waals surface area (Å²) in [6.07, 6.45) is 0.932. The van der Waals surface area contributed by atoms with E-state index >= 15 is 0 Å². The van der Waals surface area contributed by atoms with Crippen molar-refractivity contribution >= 4 is 56.1 Å². The molecule has 0 saturated carbocycles. The molecule has 3 nitrogen and oxygen atoms in total. The summed E-state index contributed by atoms with van der Waals surface area (Å²) in [6.45, 7) is 7.33. The Hall–Kier alpha value is -10.7. The van der Waals surface area contributed by atoms with Gasteiger partial charge in [0.25, 0.3) is 0 Å². The minimum absolute atomic E-state index is 0.209. The largest absolute Gasteiger partial charge is 0.455 e. The quantitative estimate of drug-likeness (QED) is 0.151. The molecule has 3 aliphatic carbocycles. The van der Waals surface area contributed by atoms with Crippen molar-refractivity contribution < 1.29 is 4.42 Å². The van der Waals surface area contributed by atoms with Crippen molar-refractivity contribution in [1.82, 2.24) is 0 Å². The van der Waals surface area contributed by atoms with Crippen molar-refractivity contribution in [1.29, 1.82) is 0 Å². The lowest BCUT2D eigenvalue weighted by Crippen LogP contribution is -2.32. The van der Waals surface area contributed by atoms with Crippen LogP contribution in [0.5, 0.6) is 0 Å². The van der Waals surface area contributed by atoms with Gasteiger partial charge in [0, 0.05) is 49.9 Å². The SMILES string of the molecule is CC1(C)c2ccccc2-c2cc3c(cc21)-c1cc(N(c2ccc(-c4ccccc4)cc2)c2ccc(-c4cccc5c4Cc4ccccc4-5)cc2)cc2c1C3(C)c1cc(-c3cccc4c3oc3ccccc34)ccc1N2c1ccc(-c2ccccc2)cc1. The highest BCUT2D eigenvalue weighted by Crippen LogP contribution is 2.66. The molecule has 0 amide bonds. The normalized spacial score (nSPS) is 15.1. The maximum atomic E-state index is 6.81. The van der Waals surface area contributed by atoms with E-state index in [9.17, 15) is 0 Å². The van der Waals surface area contributed by atoms with E-state index < -0.39 is 5.41 Å². The van der Waals surface area contributed by atoms with Gasteiger partial charge in [-0.15, -0.1) is 0 Å². The number of fused-ring (bicyclic) bond motifs is 14. The lowest BCUT2D eigenvalue weighted by atomic mass is 9.69. The number of nitrogens with zero attached hydrogens (tertiary/aromatic N) is 2. The summed E-state index contributed by atoms with van der Waals surface area (Å²) >= 11 is 0. The third kappa shape index (κ3) is 7.30. The van der Waals surface area contributed by atoms with Gasteiger partial charge in [0.2, 0.25) is 0 Å². The van der Waals surface area contributed by atoms with Crippen molar-refractivity contribution in [3.05, 3.63) is 324 Å². The van der Waals surface area contributed by atoms with E-state index in [0.717, 1.165) is 73.6 Å². The van der Waals surface area contributed by atoms with Crippen LogP contribution in [0.15, 0.2) is 290 Å². The fourth-order valence-corrected chi connectivity index (χ4v) is 15.7. The molecule has 1 aliphatic heterocycles. The number of hydrogen-bond acceptors (Lipinski definition) is 3. The Bertz CT molecular complexity index is 5150. The number of furan rings is 1. The Morgan fingerprint density at radius 2 is 0.908 bits per heavy atom. The molecule has 0 fully saturated rings. The molecular formula is C84H58N2O. The molecule has 13 aromatic carbocycles. The summed E-state index contributed by atoms with van der Waals surface area (Å²) in [4.78, 5) is 5.05. The van der Waals surface area contributed by atoms with Crippen molar-refractivity contribution in [2.75, 3.05) is 9.80 Å². The average Bonchev–Trinajstić information content (AvgIpc) is 1.55. The van der Waals surface area contributed by atoms with E-state index in [0.29, 0.717) is 0 Å². The summed E-state index contributed by atoms with van der Waals surface area (Å²) in [7, 11) is 0. The van der Waals surface area contributed by atoms with E-state index in [2.05, 4.69) is 316 Å². The van der Waals surface area contributed by atoms with Crippen LogP contribution < -0.4 is 9.80 Å². The second-order valence-corrected chi connectivity index (χ2v) is 24.8. The zero-order valence-electron chi connectivity index (χ0n) is 48.6. The van der Waals surface area contributed by atoms with E-state index in [1.807, 2.05) is 0 Å². The third-order valence-electron chi connectivity index (χ3n) is 19.9. The summed E-state index contributed by atoms with van der Waals surface area (Å²) in [5.41, 5.74) is 34.4. The molecule has 14 aromatic rings. The van der Waals surface area contributed by atoms with E-state index in [4.69, 9.17) is 4.42 Å². The lowest BCUT2D eigenvalue weighted by molar-refractivity contribution is 0.659. The smallest absolute Gasteiger partial charge is 0.143 e. The molecule has 1 atom stereocenters. The molecule has 4 aliphatic rings. The predicted molar refractivity (Wildman–Crippen MR) is 362 cm³/mol. The van der Waals surface area contributed by atoms with Gasteiger partial charge < -0.3 is 14.2 Å². The molecule has 0 saturated heterocycles. The van der Waals surface area contributed by atoms with Crippen LogP contribution in [-0.4, -0.2) is 0 Å². The lowest BCUT2D eigenvalue weighted by Gasteiger charge is -2.43. The van der Waals surface area contributed by atoms with Gasteiger partial charge in [-0.25, -0.2) is 0 Å². The second-order valence-electron chi connectivity index (χ2n) is 24.8. The number of anilines is 6. The maximum absolute atomic E-state index is 6.81. The van der Waals surface area contributed by atoms with Crippen molar-refractivity contribution in [2.45, 2.75) is 38.0 Å². The standard InChI is InChI=1S/C84H58N2O/c1-83(2)74-30-14-12-24-67(74)71-51-76-72(50-75(71)83)73-48-62(85(59-39-32-54(33-40-59)52-18-6-4-7-19-52)60-43-36-56(37-44-60)63-26-16-28-66-64-23-11-10-22-57(64)46-70(63)66)49-79-81(73)84(76,3)77-47-58(65-27-17-29-69-68-25-13-15-31-80(68)87-82(65)69)38-45-78(77)86(79)61-41-34-55(35-42-61)53-20-8-5-9-21-53/h4-45,47-51H,46H2,1-3H3. The van der Waals surface area contributed by atoms with Gasteiger partial charge in [-0.1, -0.05) is 220 Å². The van der Waals surface area contributed by atoms with Crippen LogP contribution in [0.3, 0.4) is 0 Å². The first-order chi connectivity index (χ1) is 42.8. The van der Waals surface area contributed by atoms with Gasteiger partial charge in [0.1, 0.15) is 11.2 Å². The highest BCUT2D eigenvalue weighted by molar-refractivity contribution is 6.10. The monoisotopic (exact) mass is 1110 g/mol. The Labute approximate surface area is 507 Å². The number of para-hydroxylation sites is 2. The highest BCUT2D eigenvalue weighted by Gasteiger charge is 2.51. The summed E-state index contributed by atoms with van der Waals surface area (Å²) in [6, 6.07) is 106. The molecule has 0 radical (unpaired) electrons. The van der Waals surface area contributed by atoms with Crippen molar-refractivity contribution in [3.63, 3.8) is 0 Å². The molecule has 0 N–H and O–H groups in total. The highest BCUT2D eigenvalue weighted by atomic mass is 16.3. The summed E-state index contributed by atoms with van der Waals surface area (Å²) < 4.78 is 6.81. The molecule has 0 bridgehead atoms. The molecule has 410 valence electrons. The molecule has 2 heterocycles. The molecule has 87 heavy (non-hydrogen) atoms. The van der Waals surface area contributed by atoms with Crippen LogP contribution in [-0.2, 0) is 17.3 Å². The van der Waals surface area contributed by atoms with E-state index in [1.165, 1.54) is 106 Å². The van der Waals surface area contributed by atoms with Crippen molar-refractivity contribution in [2.24, 2.45) is 0 Å². The average molecular weight is 1110 g/mol. The Balaban J connectivity index is 0.888. The molecule has 3 heteroatoms. The van der Waals surface area contributed by atoms with Gasteiger partial charge in [-0.3, -0.25) is 0 Å². The minimum Gasteiger partial charge on any atom is -0.455 e. The molecule has 18 rings (SSSR count). The van der Waals surface area contributed by atoms with Gasteiger partial charge in [0.05, 0.1) is 11.4 Å². The van der Waals surface area contributed by atoms with Crippen LogP contribution in [0.2, 0.25) is 0 Å². The summed E-state index contributed by atoms with van der Waals surface area (Å²) in [5.74, 6) is 0. The fraction of sp³-hybridized carbons (Fsp3) is 0.0714. The van der Waals surface area contributed by atoms with Crippen LogP contribution in [0.4, 0.5) is 34.1 Å². The van der Waals surface area contributed by atoms with E-state index in [1.54, 1.807) is 0 Å². The molecule has 1 aromatic heterocycles.